The van der Waals surface area contributed by atoms with Crippen LogP contribution in [-0.4, -0.2) is 70.2 Å². The largest absolute Gasteiger partial charge is 0.485 e. The Morgan fingerprint density at radius 3 is 2.50 bits per heavy atom. The summed E-state index contributed by atoms with van der Waals surface area (Å²) in [4.78, 5) is 19.0. The Balaban J connectivity index is 1.60. The first-order chi connectivity index (χ1) is 15.1. The number of nitrogens with zero attached hydrogens (tertiary/aromatic N) is 3. The topological polar surface area (TPSA) is 111 Å². The van der Waals surface area contributed by atoms with Gasteiger partial charge in [0, 0.05) is 25.2 Å². The van der Waals surface area contributed by atoms with Crippen LogP contribution in [0.2, 0.25) is 0 Å². The molecule has 1 fully saturated rings. The Bertz CT molecular complexity index is 1030. The fourth-order valence-electron chi connectivity index (χ4n) is 3.09. The number of benzene rings is 1. The van der Waals surface area contributed by atoms with Gasteiger partial charge in [-0.15, -0.1) is 0 Å². The van der Waals surface area contributed by atoms with Gasteiger partial charge in [0.2, 0.25) is 16.0 Å². The number of carbonyl (C=O) groups excluding carboxylic acids is 1. The van der Waals surface area contributed by atoms with Crippen molar-refractivity contribution in [3.05, 3.63) is 36.7 Å². The molecular formula is C19H21F2N4O5SSi. The first-order valence-electron chi connectivity index (χ1n) is 9.63. The van der Waals surface area contributed by atoms with Gasteiger partial charge in [0.15, 0.2) is 12.0 Å². The van der Waals surface area contributed by atoms with Gasteiger partial charge in [-0.3, -0.25) is 4.79 Å². The van der Waals surface area contributed by atoms with Crippen LogP contribution in [0.25, 0.3) is 0 Å². The van der Waals surface area contributed by atoms with E-state index in [9.17, 15) is 22.0 Å². The minimum atomic E-state index is -3.76. The second-order valence-electron chi connectivity index (χ2n) is 7.25. The Morgan fingerprint density at radius 2 is 1.91 bits per heavy atom. The summed E-state index contributed by atoms with van der Waals surface area (Å²) in [7, 11) is -0.592. The molecule has 13 heteroatoms. The van der Waals surface area contributed by atoms with Crippen molar-refractivity contribution < 1.29 is 31.5 Å². The molecule has 1 aliphatic rings. The highest BCUT2D eigenvalue weighted by Crippen LogP contribution is 2.26. The number of aromatic nitrogens is 2. The lowest BCUT2D eigenvalue weighted by Gasteiger charge is -2.31. The van der Waals surface area contributed by atoms with E-state index in [2.05, 4.69) is 30.3 Å². The molecule has 3 radical (unpaired) electrons. The van der Waals surface area contributed by atoms with Crippen molar-refractivity contribution in [2.24, 2.45) is 0 Å². The number of hydrogen-bond acceptors (Lipinski definition) is 8. The first-order valence-corrected chi connectivity index (χ1v) is 11.6. The molecule has 0 saturated carbocycles. The van der Waals surface area contributed by atoms with Crippen LogP contribution >= 0.6 is 0 Å². The molecule has 0 amide bonds. The summed E-state index contributed by atoms with van der Waals surface area (Å²) in [6.45, 7) is -0.924. The summed E-state index contributed by atoms with van der Waals surface area (Å²) in [6.07, 6.45) is 3.83. The van der Waals surface area contributed by atoms with Crippen LogP contribution in [0, 0.1) is 0 Å². The van der Waals surface area contributed by atoms with Crippen LogP contribution in [0.1, 0.15) is 19.8 Å². The van der Waals surface area contributed by atoms with Gasteiger partial charge in [-0.2, -0.15) is 13.1 Å². The van der Waals surface area contributed by atoms with Gasteiger partial charge in [-0.05, 0) is 31.9 Å². The van der Waals surface area contributed by atoms with Crippen LogP contribution in [-0.2, 0) is 14.8 Å². The third kappa shape index (κ3) is 6.20. The van der Waals surface area contributed by atoms with Crippen molar-refractivity contribution in [3.63, 3.8) is 0 Å². The molecule has 1 atom stereocenters. The second kappa shape index (κ2) is 9.88. The zero-order chi connectivity index (χ0) is 23.4. The Kier molecular flexibility index (Phi) is 7.41. The molecule has 1 N–H and O–H groups in total. The lowest BCUT2D eigenvalue weighted by molar-refractivity contribution is -0.115. The molecule has 0 unspecified atom stereocenters. The minimum absolute atomic E-state index is 0.0627. The number of nitrogens with one attached hydrogen (secondary N) is 1. The van der Waals surface area contributed by atoms with E-state index in [1.807, 2.05) is 0 Å². The molecule has 3 rings (SSSR count). The van der Waals surface area contributed by atoms with E-state index in [1.54, 1.807) is 12.1 Å². The number of alkyl halides is 2. The number of hydrogen-bond donors (Lipinski definition) is 1. The summed E-state index contributed by atoms with van der Waals surface area (Å²) in [5.74, 6) is 0.333. The lowest BCUT2D eigenvalue weighted by atomic mass is 10.1. The first kappa shape index (κ1) is 24.0. The van der Waals surface area contributed by atoms with Crippen molar-refractivity contribution in [2.45, 2.75) is 42.5 Å². The van der Waals surface area contributed by atoms with Crippen molar-refractivity contribution in [3.8, 4) is 11.5 Å². The number of anilines is 1. The van der Waals surface area contributed by atoms with E-state index in [1.165, 1.54) is 23.4 Å². The van der Waals surface area contributed by atoms with Crippen molar-refractivity contribution in [2.75, 3.05) is 18.4 Å². The highest BCUT2D eigenvalue weighted by atomic mass is 32.2. The van der Waals surface area contributed by atoms with Crippen LogP contribution in [0.3, 0.4) is 0 Å². The summed E-state index contributed by atoms with van der Waals surface area (Å²) >= 11 is 0. The van der Waals surface area contributed by atoms with Gasteiger partial charge in [-0.25, -0.2) is 18.4 Å². The summed E-state index contributed by atoms with van der Waals surface area (Å²) < 4.78 is 61.5. The van der Waals surface area contributed by atoms with Gasteiger partial charge < -0.3 is 14.8 Å². The van der Waals surface area contributed by atoms with Crippen molar-refractivity contribution in [1.29, 1.82) is 0 Å². The Morgan fingerprint density at radius 1 is 1.25 bits per heavy atom. The zero-order valence-corrected chi connectivity index (χ0v) is 18.9. The molecular weight excluding hydrogens is 462 g/mol. The molecule has 1 aliphatic heterocycles. The molecule has 0 bridgehead atoms. The number of rotatable bonds is 9. The van der Waals surface area contributed by atoms with Gasteiger partial charge in [0.25, 0.3) is 0 Å². The third-order valence-electron chi connectivity index (χ3n) is 4.64. The van der Waals surface area contributed by atoms with E-state index in [-0.39, 0.29) is 41.5 Å². The fraction of sp³-hybridized carbons (Fsp3) is 0.421. The predicted molar refractivity (Wildman–Crippen MR) is 111 cm³/mol. The molecule has 1 aromatic heterocycles. The monoisotopic (exact) mass is 483 g/mol. The number of carbonyl (C=O) groups is 1. The highest BCUT2D eigenvalue weighted by Gasteiger charge is 2.30. The molecule has 1 saturated heterocycles. The molecule has 9 nitrogen and oxygen atoms in total. The number of aldehydes is 1. The molecule has 0 spiro atoms. The summed E-state index contributed by atoms with van der Waals surface area (Å²) in [5, 5.41) is 1.80. The molecule has 0 aliphatic carbocycles. The van der Waals surface area contributed by atoms with E-state index in [4.69, 9.17) is 4.74 Å². The van der Waals surface area contributed by atoms with E-state index in [0.717, 1.165) is 12.4 Å². The molecule has 32 heavy (non-hydrogen) atoms. The van der Waals surface area contributed by atoms with Gasteiger partial charge in [0.05, 0.1) is 27.5 Å². The zero-order valence-electron chi connectivity index (χ0n) is 17.1. The average molecular weight is 484 g/mol. The van der Waals surface area contributed by atoms with Crippen LogP contribution in [0.5, 0.6) is 11.5 Å². The maximum Gasteiger partial charge on any atom is 0.387 e. The third-order valence-corrected chi connectivity index (χ3v) is 6.75. The molecule has 171 valence electrons. The number of halogens is 2. The molecule has 2 aromatic rings. The number of piperidine rings is 1. The summed E-state index contributed by atoms with van der Waals surface area (Å²) in [6, 6.07) is 5.87. The second-order valence-corrected chi connectivity index (χ2v) is 10.2. The molecule has 1 aromatic carbocycles. The van der Waals surface area contributed by atoms with Crippen LogP contribution in [0.4, 0.5) is 14.7 Å². The summed E-state index contributed by atoms with van der Waals surface area (Å²) in [5.41, 5.74) is 0. The number of ether oxygens (including phenoxy) is 2. The maximum absolute atomic E-state index is 13.0. The van der Waals surface area contributed by atoms with E-state index < -0.39 is 21.9 Å². The van der Waals surface area contributed by atoms with Crippen molar-refractivity contribution >= 4 is 32.5 Å². The highest BCUT2D eigenvalue weighted by molar-refractivity contribution is 7.89. The molecule has 2 heterocycles. The van der Waals surface area contributed by atoms with Crippen LogP contribution in [0.15, 0.2) is 41.6 Å². The Hall–Kier alpha value is -2.64. The quantitative estimate of drug-likeness (QED) is 0.425. The SMILES string of the molecule is C[C@]([Si])(C=O)Oc1cccc(S(=O)(=O)N2CCC(Nc3ncc(OC(F)F)cn3)CC2)c1. The van der Waals surface area contributed by atoms with E-state index >= 15 is 0 Å². The Labute approximate surface area is 187 Å². The standard InChI is InChI=1S/C19H21F2N4O5SSi/c1-19(32,12-26)30-14-3-2-4-16(9-14)31(27,28)25-7-5-13(6-8-25)24-18-22-10-15(11-23-18)29-17(20)21/h2-4,9-13,17H,5-8H2,1H3,(H,22,23,24)/t19-/m0/s1. The van der Waals surface area contributed by atoms with Crippen LogP contribution < -0.4 is 14.8 Å². The van der Waals surface area contributed by atoms with Gasteiger partial charge in [-0.1, -0.05) is 6.07 Å². The average Bonchev–Trinajstić information content (AvgIpc) is 2.75. The lowest BCUT2D eigenvalue weighted by Crippen LogP contribution is -2.42. The minimum Gasteiger partial charge on any atom is -0.485 e. The van der Waals surface area contributed by atoms with E-state index in [0.29, 0.717) is 19.1 Å². The predicted octanol–water partition coefficient (Wildman–Crippen LogP) is 1.81. The van der Waals surface area contributed by atoms with Crippen molar-refractivity contribution in [1.82, 2.24) is 14.3 Å². The van der Waals surface area contributed by atoms with Gasteiger partial charge >= 0.3 is 6.61 Å². The number of sulfonamides is 1. The van der Waals surface area contributed by atoms with Gasteiger partial charge in [0.1, 0.15) is 11.0 Å². The normalized spacial score (nSPS) is 17.5. The fourth-order valence-corrected chi connectivity index (χ4v) is 4.72. The maximum atomic E-state index is 13.0. The smallest absolute Gasteiger partial charge is 0.387 e.